The van der Waals surface area contributed by atoms with Crippen LogP contribution in [-0.4, -0.2) is 17.0 Å². The summed E-state index contributed by atoms with van der Waals surface area (Å²) in [7, 11) is 0. The van der Waals surface area contributed by atoms with E-state index in [1.165, 1.54) is 11.3 Å². The summed E-state index contributed by atoms with van der Waals surface area (Å²) in [6.07, 6.45) is 0. The lowest BCUT2D eigenvalue weighted by molar-refractivity contribution is 0.245. The number of nitrogen functional groups attached to an aromatic ring is 1. The largest absolute Gasteiger partial charge is 0.375 e. The quantitative estimate of drug-likeness (QED) is 0.411. The van der Waals surface area contributed by atoms with Gasteiger partial charge in [-0.15, -0.1) is 0 Å². The number of nitrogens with one attached hydrogen (secondary N) is 2. The van der Waals surface area contributed by atoms with Gasteiger partial charge in [0, 0.05) is 6.54 Å². The van der Waals surface area contributed by atoms with Gasteiger partial charge in [0.15, 0.2) is 5.13 Å². The molecule has 7 nitrogen and oxygen atoms in total. The molecule has 2 amide bonds. The smallest absolute Gasteiger partial charge is 0.321 e. The first-order chi connectivity index (χ1) is 13.0. The number of benzene rings is 2. The second-order valence-electron chi connectivity index (χ2n) is 5.81. The van der Waals surface area contributed by atoms with E-state index in [1.54, 1.807) is 6.07 Å². The number of carbonyl (C=O) groups excluding carboxylic acids is 1. The number of hydrogen-bond donors (Lipinski definition) is 4. The fourth-order valence-electron chi connectivity index (χ4n) is 2.51. The van der Waals surface area contributed by atoms with Crippen molar-refractivity contribution in [2.75, 3.05) is 5.73 Å². The van der Waals surface area contributed by atoms with Gasteiger partial charge in [-0.3, -0.25) is 5.32 Å². The number of aryl methyl sites for hydroxylation is 1. The van der Waals surface area contributed by atoms with Crippen molar-refractivity contribution in [3.05, 3.63) is 65.9 Å². The monoisotopic (exact) mass is 380 g/mol. The van der Waals surface area contributed by atoms with Gasteiger partial charge in [-0.1, -0.05) is 53.8 Å². The number of aromatic nitrogens is 1. The Bertz CT molecular complexity index is 967. The molecule has 6 N–H and O–H groups in total. The lowest BCUT2D eigenvalue weighted by Gasteiger charge is -2.07. The van der Waals surface area contributed by atoms with Crippen molar-refractivity contribution in [2.45, 2.75) is 13.5 Å². The third-order valence-corrected chi connectivity index (χ3v) is 4.74. The predicted octanol–water partition coefficient (Wildman–Crippen LogP) is 3.15. The molecule has 0 aliphatic rings. The maximum atomic E-state index is 11.9. The van der Waals surface area contributed by atoms with Gasteiger partial charge in [0.1, 0.15) is 0 Å². The van der Waals surface area contributed by atoms with Gasteiger partial charge in [0.25, 0.3) is 0 Å². The van der Waals surface area contributed by atoms with E-state index in [2.05, 4.69) is 20.6 Å². The SMILES string of the molecule is Cc1nc(N)sc1-c1cccc(N=C(N)NC(=O)NCc2ccccc2)c1. The van der Waals surface area contributed by atoms with Gasteiger partial charge in [0.05, 0.1) is 16.3 Å². The molecule has 8 heteroatoms. The van der Waals surface area contributed by atoms with Crippen LogP contribution < -0.4 is 22.1 Å². The van der Waals surface area contributed by atoms with Crippen molar-refractivity contribution >= 4 is 34.1 Å². The molecule has 0 aliphatic heterocycles. The highest BCUT2D eigenvalue weighted by molar-refractivity contribution is 7.18. The third-order valence-electron chi connectivity index (χ3n) is 3.71. The van der Waals surface area contributed by atoms with Gasteiger partial charge in [0.2, 0.25) is 5.96 Å². The van der Waals surface area contributed by atoms with Gasteiger partial charge < -0.3 is 16.8 Å². The molecule has 0 radical (unpaired) electrons. The average Bonchev–Trinajstić information content (AvgIpc) is 2.99. The molecule has 1 heterocycles. The molecule has 0 saturated carbocycles. The van der Waals surface area contributed by atoms with Crippen LogP contribution in [0.1, 0.15) is 11.3 Å². The van der Waals surface area contributed by atoms with Crippen LogP contribution in [0.3, 0.4) is 0 Å². The summed E-state index contributed by atoms with van der Waals surface area (Å²) in [4.78, 5) is 21.4. The second kappa shape index (κ2) is 8.33. The van der Waals surface area contributed by atoms with Crippen molar-refractivity contribution in [3.63, 3.8) is 0 Å². The van der Waals surface area contributed by atoms with E-state index in [-0.39, 0.29) is 5.96 Å². The molecule has 2 aromatic carbocycles. The highest BCUT2D eigenvalue weighted by Gasteiger charge is 2.09. The molecule has 0 bridgehead atoms. The third kappa shape index (κ3) is 5.05. The summed E-state index contributed by atoms with van der Waals surface area (Å²) in [6.45, 7) is 2.31. The van der Waals surface area contributed by atoms with Crippen LogP contribution in [0.25, 0.3) is 10.4 Å². The van der Waals surface area contributed by atoms with Gasteiger partial charge in [-0.25, -0.2) is 14.8 Å². The first-order valence-electron chi connectivity index (χ1n) is 8.27. The van der Waals surface area contributed by atoms with Crippen molar-refractivity contribution in [3.8, 4) is 10.4 Å². The fourth-order valence-corrected chi connectivity index (χ4v) is 3.34. The molecular formula is C19H20N6OS. The summed E-state index contributed by atoms with van der Waals surface area (Å²) < 4.78 is 0. The molecule has 0 aliphatic carbocycles. The second-order valence-corrected chi connectivity index (χ2v) is 6.84. The highest BCUT2D eigenvalue weighted by atomic mass is 32.1. The zero-order valence-corrected chi connectivity index (χ0v) is 15.6. The number of amides is 2. The van der Waals surface area contributed by atoms with E-state index < -0.39 is 6.03 Å². The molecule has 1 aromatic heterocycles. The number of urea groups is 1. The standard InChI is InChI=1S/C19H20N6OS/c1-12-16(27-18(21)23-12)14-8-5-9-15(10-14)24-17(20)25-19(26)22-11-13-6-3-2-4-7-13/h2-10H,11H2,1H3,(H2,21,23)(H4,20,22,24,25,26). The summed E-state index contributed by atoms with van der Waals surface area (Å²) in [5.41, 5.74) is 15.0. The number of nitrogens with two attached hydrogens (primary N) is 2. The fraction of sp³-hybridized carbons (Fsp3) is 0.105. The number of thiazole rings is 1. The van der Waals surface area contributed by atoms with Crippen LogP contribution in [0.5, 0.6) is 0 Å². The normalized spacial score (nSPS) is 11.2. The van der Waals surface area contributed by atoms with E-state index in [4.69, 9.17) is 11.5 Å². The van der Waals surface area contributed by atoms with Crippen molar-refractivity contribution in [2.24, 2.45) is 10.7 Å². The topological polar surface area (TPSA) is 118 Å². The Labute approximate surface area is 161 Å². The van der Waals surface area contributed by atoms with Crippen LogP contribution in [-0.2, 0) is 6.54 Å². The molecule has 0 atom stereocenters. The minimum Gasteiger partial charge on any atom is -0.375 e. The molecule has 0 fully saturated rings. The molecule has 0 spiro atoms. The van der Waals surface area contributed by atoms with Crippen molar-refractivity contribution in [1.82, 2.24) is 15.6 Å². The van der Waals surface area contributed by atoms with E-state index >= 15 is 0 Å². The summed E-state index contributed by atoms with van der Waals surface area (Å²) in [6, 6.07) is 16.7. The van der Waals surface area contributed by atoms with Gasteiger partial charge >= 0.3 is 6.03 Å². The van der Waals surface area contributed by atoms with Crippen LogP contribution in [0.4, 0.5) is 15.6 Å². The van der Waals surface area contributed by atoms with Crippen LogP contribution >= 0.6 is 11.3 Å². The lowest BCUT2D eigenvalue weighted by atomic mass is 10.1. The molecule has 3 rings (SSSR count). The Morgan fingerprint density at radius 3 is 2.67 bits per heavy atom. The zero-order valence-electron chi connectivity index (χ0n) is 14.8. The Balaban J connectivity index is 1.64. The number of nitrogens with zero attached hydrogens (tertiary/aromatic N) is 2. The molecule has 0 saturated heterocycles. The molecular weight excluding hydrogens is 360 g/mol. The summed E-state index contributed by atoms with van der Waals surface area (Å²) in [5, 5.41) is 5.77. The number of hydrogen-bond acceptors (Lipinski definition) is 5. The number of guanidine groups is 1. The first-order valence-corrected chi connectivity index (χ1v) is 9.09. The zero-order chi connectivity index (χ0) is 19.2. The lowest BCUT2D eigenvalue weighted by Crippen LogP contribution is -2.42. The average molecular weight is 380 g/mol. The Morgan fingerprint density at radius 1 is 1.19 bits per heavy atom. The number of carbonyl (C=O) groups is 1. The number of anilines is 1. The van der Waals surface area contributed by atoms with E-state index in [1.807, 2.05) is 55.5 Å². The predicted molar refractivity (Wildman–Crippen MR) is 110 cm³/mol. The Hall–Kier alpha value is -3.39. The Morgan fingerprint density at radius 2 is 1.96 bits per heavy atom. The van der Waals surface area contributed by atoms with Crippen LogP contribution in [0, 0.1) is 6.92 Å². The first kappa shape index (κ1) is 18.4. The van der Waals surface area contributed by atoms with Crippen LogP contribution in [0.2, 0.25) is 0 Å². The van der Waals surface area contributed by atoms with E-state index in [0.29, 0.717) is 17.4 Å². The van der Waals surface area contributed by atoms with Gasteiger partial charge in [-0.2, -0.15) is 0 Å². The van der Waals surface area contributed by atoms with Crippen molar-refractivity contribution < 1.29 is 4.79 Å². The van der Waals surface area contributed by atoms with Gasteiger partial charge in [-0.05, 0) is 30.2 Å². The molecule has 138 valence electrons. The molecule has 0 unspecified atom stereocenters. The van der Waals surface area contributed by atoms with E-state index in [0.717, 1.165) is 21.7 Å². The molecule has 27 heavy (non-hydrogen) atoms. The minimum absolute atomic E-state index is 0.0123. The summed E-state index contributed by atoms with van der Waals surface area (Å²) >= 11 is 1.42. The number of aliphatic imine (C=N–C) groups is 1. The summed E-state index contributed by atoms with van der Waals surface area (Å²) in [5.74, 6) is 0.0123. The Kier molecular flexibility index (Phi) is 5.68. The minimum atomic E-state index is -0.415. The van der Waals surface area contributed by atoms with Crippen molar-refractivity contribution in [1.29, 1.82) is 0 Å². The van der Waals surface area contributed by atoms with E-state index in [9.17, 15) is 4.79 Å². The maximum Gasteiger partial charge on any atom is 0.321 e. The molecule has 3 aromatic rings. The van der Waals surface area contributed by atoms with Crippen LogP contribution in [0.15, 0.2) is 59.6 Å². The maximum absolute atomic E-state index is 11.9. The highest BCUT2D eigenvalue weighted by Crippen LogP contribution is 2.32. The number of rotatable bonds is 4.